The smallest absolute Gasteiger partial charge is 0.390 e. The van der Waals surface area contributed by atoms with Crippen LogP contribution in [-0.4, -0.2) is 34.1 Å². The van der Waals surface area contributed by atoms with Crippen molar-refractivity contribution in [3.05, 3.63) is 42.2 Å². The van der Waals surface area contributed by atoms with Crippen LogP contribution < -0.4 is 0 Å². The number of pyridine rings is 1. The summed E-state index contributed by atoms with van der Waals surface area (Å²) in [6, 6.07) is 5.06. The molecule has 3 aromatic heterocycles. The Morgan fingerprint density at radius 1 is 1.22 bits per heavy atom. The standard InChI is InChI=1S/C19H19F4N3O/c20-15-9-25-18-14(5-7-24-18)17(15)16-4-3-13(27-16)11-26(10-12-1-2-12)8-6-19(21,22)23/h3-5,7,9,12H,1-2,6,8,10-11H2,(H,24,25). The van der Waals surface area contributed by atoms with E-state index in [-0.39, 0.29) is 13.1 Å². The summed E-state index contributed by atoms with van der Waals surface area (Å²) >= 11 is 0. The predicted molar refractivity (Wildman–Crippen MR) is 92.4 cm³/mol. The highest BCUT2D eigenvalue weighted by atomic mass is 19.4. The third kappa shape index (κ3) is 4.32. The van der Waals surface area contributed by atoms with E-state index >= 15 is 0 Å². The summed E-state index contributed by atoms with van der Waals surface area (Å²) in [6.07, 6.45) is -0.135. The minimum absolute atomic E-state index is 0.0678. The minimum Gasteiger partial charge on any atom is -0.460 e. The first-order chi connectivity index (χ1) is 12.9. The van der Waals surface area contributed by atoms with Gasteiger partial charge in [0.1, 0.15) is 17.2 Å². The summed E-state index contributed by atoms with van der Waals surface area (Å²) < 4.78 is 57.9. The minimum atomic E-state index is -4.18. The molecule has 0 bridgehead atoms. The lowest BCUT2D eigenvalue weighted by Crippen LogP contribution is -2.29. The van der Waals surface area contributed by atoms with Gasteiger partial charge in [0.2, 0.25) is 0 Å². The average Bonchev–Trinajstić information content (AvgIpc) is 3.10. The molecule has 1 N–H and O–H groups in total. The van der Waals surface area contributed by atoms with Crippen LogP contribution in [0, 0.1) is 11.7 Å². The van der Waals surface area contributed by atoms with Gasteiger partial charge in [-0.15, -0.1) is 0 Å². The Kier molecular flexibility index (Phi) is 4.67. The maximum absolute atomic E-state index is 14.3. The van der Waals surface area contributed by atoms with Crippen LogP contribution in [0.25, 0.3) is 22.4 Å². The van der Waals surface area contributed by atoms with Crippen molar-refractivity contribution in [2.75, 3.05) is 13.1 Å². The molecule has 0 saturated heterocycles. The second kappa shape index (κ2) is 6.99. The summed E-state index contributed by atoms with van der Waals surface area (Å²) in [5.41, 5.74) is 0.849. The van der Waals surface area contributed by atoms with Crippen LogP contribution in [-0.2, 0) is 6.54 Å². The van der Waals surface area contributed by atoms with E-state index in [9.17, 15) is 17.6 Å². The third-order valence-corrected chi connectivity index (χ3v) is 4.75. The lowest BCUT2D eigenvalue weighted by molar-refractivity contribution is -0.138. The molecule has 0 spiro atoms. The summed E-state index contributed by atoms with van der Waals surface area (Å²) in [4.78, 5) is 8.67. The summed E-state index contributed by atoms with van der Waals surface area (Å²) in [6.45, 7) is 0.828. The first-order valence-corrected chi connectivity index (χ1v) is 8.89. The highest BCUT2D eigenvalue weighted by Gasteiger charge is 2.30. The quantitative estimate of drug-likeness (QED) is 0.578. The second-order valence-electron chi connectivity index (χ2n) is 7.03. The molecular formula is C19H19F4N3O. The van der Waals surface area contributed by atoms with Crippen molar-refractivity contribution in [2.24, 2.45) is 5.92 Å². The highest BCUT2D eigenvalue weighted by molar-refractivity contribution is 5.91. The number of nitrogens with zero attached hydrogens (tertiary/aromatic N) is 2. The van der Waals surface area contributed by atoms with Crippen molar-refractivity contribution in [1.82, 2.24) is 14.9 Å². The van der Waals surface area contributed by atoms with Crippen LogP contribution in [0.2, 0.25) is 0 Å². The number of furan rings is 1. The number of aromatic nitrogens is 2. The molecule has 27 heavy (non-hydrogen) atoms. The predicted octanol–water partition coefficient (Wildman–Crippen LogP) is 5.13. The fourth-order valence-electron chi connectivity index (χ4n) is 3.24. The molecule has 0 amide bonds. The maximum atomic E-state index is 14.3. The molecule has 0 aromatic carbocycles. The van der Waals surface area contributed by atoms with Gasteiger partial charge in [-0.1, -0.05) is 0 Å². The number of alkyl halides is 3. The topological polar surface area (TPSA) is 45.1 Å². The third-order valence-electron chi connectivity index (χ3n) is 4.75. The fraction of sp³-hybridized carbons (Fsp3) is 0.421. The number of nitrogens with one attached hydrogen (secondary N) is 1. The van der Waals surface area contributed by atoms with Crippen molar-refractivity contribution in [3.63, 3.8) is 0 Å². The molecule has 8 heteroatoms. The number of hydrogen-bond acceptors (Lipinski definition) is 3. The van der Waals surface area contributed by atoms with Crippen LogP contribution in [0.4, 0.5) is 17.6 Å². The van der Waals surface area contributed by atoms with E-state index in [1.54, 1.807) is 29.3 Å². The van der Waals surface area contributed by atoms with Crippen LogP contribution in [0.15, 0.2) is 35.0 Å². The zero-order valence-corrected chi connectivity index (χ0v) is 14.5. The first-order valence-electron chi connectivity index (χ1n) is 8.89. The number of H-pyrrole nitrogens is 1. The van der Waals surface area contributed by atoms with E-state index < -0.39 is 18.4 Å². The van der Waals surface area contributed by atoms with Crippen LogP contribution in [0.1, 0.15) is 25.0 Å². The van der Waals surface area contributed by atoms with Crippen LogP contribution in [0.5, 0.6) is 0 Å². The summed E-state index contributed by atoms with van der Waals surface area (Å²) in [5.74, 6) is 0.823. The molecule has 0 radical (unpaired) electrons. The first kappa shape index (κ1) is 18.0. The molecule has 144 valence electrons. The van der Waals surface area contributed by atoms with Gasteiger partial charge in [-0.25, -0.2) is 9.37 Å². The zero-order chi connectivity index (χ0) is 19.0. The van der Waals surface area contributed by atoms with Gasteiger partial charge in [0.25, 0.3) is 0 Å². The summed E-state index contributed by atoms with van der Waals surface area (Å²) in [7, 11) is 0. The Balaban J connectivity index is 1.53. The molecular weight excluding hydrogens is 362 g/mol. The van der Waals surface area contributed by atoms with E-state index in [1.807, 2.05) is 0 Å². The maximum Gasteiger partial charge on any atom is 0.390 e. The average molecular weight is 381 g/mol. The van der Waals surface area contributed by atoms with E-state index in [2.05, 4.69) is 9.97 Å². The van der Waals surface area contributed by atoms with Crippen molar-refractivity contribution in [1.29, 1.82) is 0 Å². The zero-order valence-electron chi connectivity index (χ0n) is 14.5. The molecule has 0 aliphatic heterocycles. The highest BCUT2D eigenvalue weighted by Crippen LogP contribution is 2.33. The van der Waals surface area contributed by atoms with Crippen molar-refractivity contribution >= 4 is 11.0 Å². The van der Waals surface area contributed by atoms with Gasteiger partial charge in [-0.2, -0.15) is 13.2 Å². The van der Waals surface area contributed by atoms with E-state index in [1.165, 1.54) is 0 Å². The Labute approximate surface area is 153 Å². The van der Waals surface area contributed by atoms with Gasteiger partial charge >= 0.3 is 6.18 Å². The van der Waals surface area contributed by atoms with E-state index in [4.69, 9.17) is 4.42 Å². The van der Waals surface area contributed by atoms with Crippen LogP contribution >= 0.6 is 0 Å². The number of aromatic amines is 1. The van der Waals surface area contributed by atoms with E-state index in [0.717, 1.165) is 19.0 Å². The molecule has 1 fully saturated rings. The molecule has 1 aliphatic rings. The number of hydrogen-bond donors (Lipinski definition) is 1. The second-order valence-corrected chi connectivity index (χ2v) is 7.03. The number of fused-ring (bicyclic) bond motifs is 1. The fourth-order valence-corrected chi connectivity index (χ4v) is 3.24. The lowest BCUT2D eigenvalue weighted by Gasteiger charge is -2.21. The van der Waals surface area contributed by atoms with Crippen molar-refractivity contribution in [3.8, 4) is 11.3 Å². The monoisotopic (exact) mass is 381 g/mol. The Bertz CT molecular complexity index is 927. The Morgan fingerprint density at radius 3 is 2.78 bits per heavy atom. The summed E-state index contributed by atoms with van der Waals surface area (Å²) in [5, 5.41) is 0.600. The normalized spacial score (nSPS) is 15.1. The molecule has 0 atom stereocenters. The number of rotatable bonds is 7. The van der Waals surface area contributed by atoms with Gasteiger partial charge < -0.3 is 9.40 Å². The molecule has 3 heterocycles. The van der Waals surface area contributed by atoms with Gasteiger partial charge in [-0.05, 0) is 37.0 Å². The van der Waals surface area contributed by atoms with Gasteiger partial charge in [-0.3, -0.25) is 4.90 Å². The SMILES string of the molecule is Fc1cnc2[nH]ccc2c1-c1ccc(CN(CCC(F)(F)F)CC2CC2)o1. The van der Waals surface area contributed by atoms with Gasteiger partial charge in [0.05, 0.1) is 24.7 Å². The van der Waals surface area contributed by atoms with Crippen molar-refractivity contribution in [2.45, 2.75) is 32.0 Å². The van der Waals surface area contributed by atoms with Gasteiger partial charge in [0, 0.05) is 24.7 Å². The molecule has 1 saturated carbocycles. The van der Waals surface area contributed by atoms with E-state index in [0.29, 0.717) is 40.6 Å². The lowest BCUT2D eigenvalue weighted by atomic mass is 10.1. The van der Waals surface area contributed by atoms with Crippen LogP contribution in [0.3, 0.4) is 0 Å². The number of halogens is 4. The molecule has 3 aromatic rings. The Morgan fingerprint density at radius 2 is 2.04 bits per heavy atom. The molecule has 4 rings (SSSR count). The molecule has 4 nitrogen and oxygen atoms in total. The molecule has 1 aliphatic carbocycles. The largest absolute Gasteiger partial charge is 0.460 e. The van der Waals surface area contributed by atoms with Crippen molar-refractivity contribution < 1.29 is 22.0 Å². The molecule has 0 unspecified atom stereocenters. The van der Waals surface area contributed by atoms with Gasteiger partial charge in [0.15, 0.2) is 5.82 Å². The Hall–Kier alpha value is -2.35.